The molecule has 3 aromatic heterocycles. The lowest BCUT2D eigenvalue weighted by Crippen LogP contribution is -2.37. The highest BCUT2D eigenvalue weighted by molar-refractivity contribution is 6.13. The fourth-order valence-electron chi connectivity index (χ4n) is 10.8. The predicted molar refractivity (Wildman–Crippen MR) is 243 cm³/mol. The van der Waals surface area contributed by atoms with Gasteiger partial charge in [0.15, 0.2) is 0 Å². The van der Waals surface area contributed by atoms with E-state index in [1.165, 1.54) is 88.2 Å². The van der Waals surface area contributed by atoms with Gasteiger partial charge in [0.05, 0.1) is 45.2 Å². The molecule has 10 aromatic rings. The number of aromatic nitrogens is 3. The van der Waals surface area contributed by atoms with Crippen LogP contribution in [-0.4, -0.2) is 25.8 Å². The van der Waals surface area contributed by atoms with Crippen LogP contribution in [0.5, 0.6) is 0 Å². The Balaban J connectivity index is 0.934. The van der Waals surface area contributed by atoms with Crippen molar-refractivity contribution in [2.75, 3.05) is 4.90 Å². The van der Waals surface area contributed by atoms with Crippen LogP contribution < -0.4 is 4.90 Å². The van der Waals surface area contributed by atoms with Gasteiger partial charge in [0.1, 0.15) is 0 Å². The number of fused-ring (bicyclic) bond motifs is 12. The van der Waals surface area contributed by atoms with E-state index in [9.17, 15) is 0 Å². The summed E-state index contributed by atoms with van der Waals surface area (Å²) in [6.07, 6.45) is 16.7. The van der Waals surface area contributed by atoms with E-state index in [0.717, 1.165) is 0 Å². The zero-order valence-electron chi connectivity index (χ0n) is 31.7. The van der Waals surface area contributed by atoms with Crippen LogP contribution in [-0.2, 0) is 0 Å². The highest BCUT2D eigenvalue weighted by Gasteiger charge is 2.46. The van der Waals surface area contributed by atoms with Crippen LogP contribution in [0.1, 0.15) is 0 Å². The summed E-state index contributed by atoms with van der Waals surface area (Å²) >= 11 is 0. The monoisotopic (exact) mass is 742 g/mol. The predicted octanol–water partition coefficient (Wildman–Crippen LogP) is 13.0. The topological polar surface area (TPSA) is 18.0 Å². The van der Waals surface area contributed by atoms with Crippen molar-refractivity contribution >= 4 is 76.8 Å². The van der Waals surface area contributed by atoms with Crippen LogP contribution >= 0.6 is 0 Å². The maximum atomic E-state index is 2.67. The van der Waals surface area contributed by atoms with E-state index >= 15 is 0 Å². The maximum Gasteiger partial charge on any atom is 0.0553 e. The molecule has 0 bridgehead atoms. The van der Waals surface area contributed by atoms with E-state index in [0.29, 0.717) is 11.8 Å². The summed E-state index contributed by atoms with van der Waals surface area (Å²) < 4.78 is 7.34. The first-order valence-electron chi connectivity index (χ1n) is 20.4. The van der Waals surface area contributed by atoms with Gasteiger partial charge in [-0.05, 0) is 72.8 Å². The van der Waals surface area contributed by atoms with E-state index in [1.807, 2.05) is 0 Å². The third kappa shape index (κ3) is 4.40. The third-order valence-corrected chi connectivity index (χ3v) is 13.2. The normalized spacial score (nSPS) is 19.9. The number of para-hydroxylation sites is 5. The molecule has 4 heteroatoms. The smallest absolute Gasteiger partial charge is 0.0553 e. The molecule has 13 rings (SSSR count). The van der Waals surface area contributed by atoms with Crippen LogP contribution in [0, 0.1) is 11.8 Å². The van der Waals surface area contributed by atoms with Gasteiger partial charge in [-0.25, -0.2) is 0 Å². The molecule has 4 atom stereocenters. The Morgan fingerprint density at radius 1 is 0.328 bits per heavy atom. The Hall–Kier alpha value is -7.30. The lowest BCUT2D eigenvalue weighted by atomic mass is 9.82. The first-order chi connectivity index (χ1) is 28.8. The number of allylic oxidation sites excluding steroid dienone is 4. The Bertz CT molecular complexity index is 3350. The van der Waals surface area contributed by atoms with Crippen molar-refractivity contribution in [3.63, 3.8) is 0 Å². The minimum absolute atomic E-state index is 0.224. The molecule has 4 nitrogen and oxygen atoms in total. The van der Waals surface area contributed by atoms with E-state index in [-0.39, 0.29) is 12.1 Å². The number of rotatable bonds is 4. The van der Waals surface area contributed by atoms with Crippen LogP contribution in [0.4, 0.5) is 5.69 Å². The second kappa shape index (κ2) is 12.1. The summed E-state index contributed by atoms with van der Waals surface area (Å²) in [5, 5.41) is 7.65. The Kier molecular flexibility index (Phi) is 6.65. The quantitative estimate of drug-likeness (QED) is 0.176. The summed E-state index contributed by atoms with van der Waals surface area (Å²) in [6, 6.07) is 60.7. The molecule has 1 fully saturated rings. The van der Waals surface area contributed by atoms with Gasteiger partial charge < -0.3 is 18.6 Å². The molecule has 4 unspecified atom stereocenters. The Morgan fingerprint density at radius 2 is 0.793 bits per heavy atom. The molecule has 0 spiro atoms. The molecule has 0 N–H and O–H groups in total. The lowest BCUT2D eigenvalue weighted by Gasteiger charge is -2.32. The summed E-state index contributed by atoms with van der Waals surface area (Å²) in [4.78, 5) is 2.67. The van der Waals surface area contributed by atoms with Crippen molar-refractivity contribution in [1.82, 2.24) is 13.7 Å². The average Bonchev–Trinajstić information content (AvgIpc) is 4.01. The molecular formula is C54H38N4. The van der Waals surface area contributed by atoms with Crippen molar-refractivity contribution < 1.29 is 0 Å². The van der Waals surface area contributed by atoms with Crippen LogP contribution in [0.25, 0.3) is 82.5 Å². The Morgan fingerprint density at radius 3 is 1.40 bits per heavy atom. The second-order valence-corrected chi connectivity index (χ2v) is 16.1. The maximum absolute atomic E-state index is 2.67. The van der Waals surface area contributed by atoms with E-state index in [1.54, 1.807) is 0 Å². The van der Waals surface area contributed by atoms with E-state index < -0.39 is 0 Å². The summed E-state index contributed by atoms with van der Waals surface area (Å²) in [5.74, 6) is 0.682. The number of hydrogen-bond acceptors (Lipinski definition) is 1. The van der Waals surface area contributed by atoms with Gasteiger partial charge in [-0.2, -0.15) is 0 Å². The number of benzene rings is 7. The molecule has 0 saturated carbocycles. The van der Waals surface area contributed by atoms with Gasteiger partial charge >= 0.3 is 0 Å². The van der Waals surface area contributed by atoms with Gasteiger partial charge in [-0.3, -0.25) is 0 Å². The average molecular weight is 743 g/mol. The lowest BCUT2D eigenvalue weighted by molar-refractivity contribution is 0.527. The van der Waals surface area contributed by atoms with Crippen molar-refractivity contribution in [2.45, 2.75) is 12.1 Å². The van der Waals surface area contributed by atoms with Crippen LogP contribution in [0.2, 0.25) is 0 Å². The van der Waals surface area contributed by atoms with Gasteiger partial charge in [0.25, 0.3) is 0 Å². The number of anilines is 1. The Labute approximate surface area is 335 Å². The molecule has 7 aromatic carbocycles. The second-order valence-electron chi connectivity index (χ2n) is 16.1. The highest BCUT2D eigenvalue weighted by Crippen LogP contribution is 2.47. The van der Waals surface area contributed by atoms with Gasteiger partial charge in [0.2, 0.25) is 0 Å². The first-order valence-corrected chi connectivity index (χ1v) is 20.4. The van der Waals surface area contributed by atoms with Crippen LogP contribution in [0.3, 0.4) is 0 Å². The van der Waals surface area contributed by atoms with Crippen LogP contribution in [0.15, 0.2) is 206 Å². The summed E-state index contributed by atoms with van der Waals surface area (Å²) in [5.41, 5.74) is 12.2. The zero-order chi connectivity index (χ0) is 37.9. The number of hydrogen-bond donors (Lipinski definition) is 0. The molecule has 0 radical (unpaired) electrons. The molecule has 1 aliphatic heterocycles. The minimum Gasteiger partial charge on any atom is -0.357 e. The molecule has 4 heterocycles. The van der Waals surface area contributed by atoms with Gasteiger partial charge in [0, 0.05) is 66.9 Å². The number of nitrogens with zero attached hydrogens (tertiary/aromatic N) is 4. The molecule has 0 amide bonds. The summed E-state index contributed by atoms with van der Waals surface area (Å²) in [6.45, 7) is 0. The standard InChI is InChI=1S/C54H38N4/c1-7-22-47-39(16-1)40-17-2-8-23-48(40)57(47)37-28-30-53-45(33-37)43-20-5-11-26-51(43)55(53)35-14-13-15-36(32-35)56-52-27-12-6-21-44(52)46-34-38(29-31-54(46)56)58-49-24-9-3-18-41(49)42-19-4-10-25-50(42)58/h1-34,43,45,51,53H. The molecule has 274 valence electrons. The van der Waals surface area contributed by atoms with E-state index in [2.05, 4.69) is 225 Å². The fraction of sp³-hybridized carbons (Fsp3) is 0.0741. The third-order valence-electron chi connectivity index (χ3n) is 13.2. The van der Waals surface area contributed by atoms with Crippen molar-refractivity contribution in [3.05, 3.63) is 206 Å². The molecular weight excluding hydrogens is 705 g/mol. The largest absolute Gasteiger partial charge is 0.357 e. The van der Waals surface area contributed by atoms with Crippen molar-refractivity contribution in [3.8, 4) is 11.4 Å². The molecule has 1 saturated heterocycles. The molecule has 3 aliphatic rings. The molecule has 58 heavy (non-hydrogen) atoms. The summed E-state index contributed by atoms with van der Waals surface area (Å²) in [7, 11) is 0. The van der Waals surface area contributed by atoms with Crippen molar-refractivity contribution in [1.29, 1.82) is 0 Å². The minimum atomic E-state index is 0.224. The van der Waals surface area contributed by atoms with E-state index in [4.69, 9.17) is 0 Å². The zero-order valence-corrected chi connectivity index (χ0v) is 31.7. The van der Waals surface area contributed by atoms with Gasteiger partial charge in [-0.15, -0.1) is 0 Å². The molecule has 2 aliphatic carbocycles. The first kappa shape index (κ1) is 31.9. The van der Waals surface area contributed by atoms with Gasteiger partial charge in [-0.1, -0.05) is 134 Å². The highest BCUT2D eigenvalue weighted by atomic mass is 15.2. The fourth-order valence-corrected chi connectivity index (χ4v) is 10.8. The SMILES string of the molecule is C1=CC2C3C=C(n4c5ccccc5c5ccccc54)C=CC3N(c3cccc(-n4c5ccccc5c5cc(-n6c7ccccc7c7ccccc76)ccc54)c3)C2C=C1. The van der Waals surface area contributed by atoms with Crippen molar-refractivity contribution in [2.24, 2.45) is 11.8 Å².